The van der Waals surface area contributed by atoms with Crippen LogP contribution in [-0.2, 0) is 14.3 Å². The lowest BCUT2D eigenvalue weighted by molar-refractivity contribution is -0.145. The number of hydrogen-bond acceptors (Lipinski definition) is 5. The van der Waals surface area contributed by atoms with Gasteiger partial charge in [-0.1, -0.05) is 18.7 Å². The normalized spacial score (nSPS) is 9.17. The third-order valence-corrected chi connectivity index (χ3v) is 1.99. The van der Waals surface area contributed by atoms with E-state index in [1.807, 2.05) is 6.92 Å². The lowest BCUT2D eigenvalue weighted by Crippen LogP contribution is -2.13. The Labute approximate surface area is 81.8 Å². The van der Waals surface area contributed by atoms with Gasteiger partial charge in [0.25, 0.3) is 0 Å². The van der Waals surface area contributed by atoms with Crippen molar-refractivity contribution in [3.63, 3.8) is 0 Å². The molecule has 0 heterocycles. The molecule has 0 aromatic heterocycles. The number of carbonyl (C=O) groups is 1. The maximum atomic E-state index is 10.7. The van der Waals surface area contributed by atoms with Gasteiger partial charge in [-0.2, -0.15) is 0 Å². The fourth-order valence-corrected chi connectivity index (χ4v) is 1.27. The molecule has 0 atom stereocenters. The molecule has 0 fully saturated rings. The van der Waals surface area contributed by atoms with Crippen LogP contribution in [0.1, 0.15) is 13.8 Å². The maximum Gasteiger partial charge on any atom is 0.344 e. The van der Waals surface area contributed by atoms with Crippen LogP contribution in [0.25, 0.3) is 0 Å². The van der Waals surface area contributed by atoms with E-state index >= 15 is 0 Å². The molecular weight excluding hydrogens is 196 g/mol. The number of carbonyl (C=O) groups excluding carboxylic acids is 1. The molecule has 0 radical (unpaired) electrons. The zero-order valence-electron chi connectivity index (χ0n) is 7.16. The molecule has 3 nitrogen and oxygen atoms in total. The van der Waals surface area contributed by atoms with E-state index in [0.717, 1.165) is 5.75 Å². The topological polar surface area (TPSA) is 35.5 Å². The molecule has 0 amide bonds. The van der Waals surface area contributed by atoms with Crippen molar-refractivity contribution in [3.8, 4) is 0 Å². The van der Waals surface area contributed by atoms with Gasteiger partial charge in [0, 0.05) is 0 Å². The van der Waals surface area contributed by atoms with Crippen molar-refractivity contribution >= 4 is 34.3 Å². The van der Waals surface area contributed by atoms with Gasteiger partial charge in [0.15, 0.2) is 6.61 Å². The predicted octanol–water partition coefficient (Wildman–Crippen LogP) is 1.60. The van der Waals surface area contributed by atoms with Crippen LogP contribution in [0.15, 0.2) is 0 Å². The van der Waals surface area contributed by atoms with E-state index in [2.05, 4.69) is 4.74 Å². The first-order chi connectivity index (χ1) is 5.70. The Morgan fingerprint density at radius 1 is 1.42 bits per heavy atom. The fourth-order valence-electron chi connectivity index (χ4n) is 0.480. The smallest absolute Gasteiger partial charge is 0.344 e. The second-order valence-corrected chi connectivity index (χ2v) is 3.64. The Kier molecular flexibility index (Phi) is 7.19. The Bertz CT molecular complexity index is 141. The molecule has 0 aliphatic rings. The van der Waals surface area contributed by atoms with Gasteiger partial charge in [-0.05, 0) is 24.9 Å². The SMILES string of the molecule is CCOC(=O)COC(=S)SCC. The van der Waals surface area contributed by atoms with Crippen LogP contribution in [0.2, 0.25) is 0 Å². The van der Waals surface area contributed by atoms with Crippen LogP contribution >= 0.6 is 24.0 Å². The van der Waals surface area contributed by atoms with Crippen molar-refractivity contribution < 1.29 is 14.3 Å². The zero-order chi connectivity index (χ0) is 9.40. The molecule has 0 aromatic rings. The summed E-state index contributed by atoms with van der Waals surface area (Å²) in [6.45, 7) is 4.00. The lowest BCUT2D eigenvalue weighted by atomic mass is 10.7. The number of rotatable bonds is 4. The van der Waals surface area contributed by atoms with Gasteiger partial charge in [0.05, 0.1) is 6.61 Å². The maximum absolute atomic E-state index is 10.7. The summed E-state index contributed by atoms with van der Waals surface area (Å²) in [6.07, 6.45) is 0. The van der Waals surface area contributed by atoms with E-state index in [-0.39, 0.29) is 12.6 Å². The Balaban J connectivity index is 3.40. The largest absolute Gasteiger partial charge is 0.467 e. The minimum atomic E-state index is -0.378. The summed E-state index contributed by atoms with van der Waals surface area (Å²) in [5.41, 5.74) is 0. The summed E-state index contributed by atoms with van der Waals surface area (Å²) >= 11 is 6.18. The van der Waals surface area contributed by atoms with Crippen molar-refractivity contribution in [1.82, 2.24) is 0 Å². The lowest BCUT2D eigenvalue weighted by Gasteiger charge is -2.04. The van der Waals surface area contributed by atoms with E-state index < -0.39 is 0 Å². The van der Waals surface area contributed by atoms with Crippen LogP contribution in [-0.4, -0.2) is 29.3 Å². The number of hydrogen-bond donors (Lipinski definition) is 0. The third-order valence-electron chi connectivity index (χ3n) is 0.875. The van der Waals surface area contributed by atoms with Gasteiger partial charge < -0.3 is 9.47 Å². The first-order valence-corrected chi connectivity index (χ1v) is 5.05. The number of esters is 1. The van der Waals surface area contributed by atoms with Crippen LogP contribution in [0, 0.1) is 0 Å². The minimum absolute atomic E-state index is 0.0837. The highest BCUT2D eigenvalue weighted by molar-refractivity contribution is 8.22. The Morgan fingerprint density at radius 2 is 2.08 bits per heavy atom. The molecule has 0 saturated carbocycles. The molecule has 0 N–H and O–H groups in total. The highest BCUT2D eigenvalue weighted by Gasteiger charge is 2.03. The van der Waals surface area contributed by atoms with E-state index in [4.69, 9.17) is 17.0 Å². The molecule has 0 unspecified atom stereocenters. The molecule has 0 aliphatic carbocycles. The molecule has 70 valence electrons. The summed E-state index contributed by atoms with van der Waals surface area (Å²) in [5.74, 6) is 0.471. The van der Waals surface area contributed by atoms with E-state index in [1.165, 1.54) is 11.8 Å². The number of thiocarbonyl (C=S) groups is 1. The molecule has 0 rings (SSSR count). The Morgan fingerprint density at radius 3 is 2.58 bits per heavy atom. The molecule has 0 aliphatic heterocycles. The summed E-state index contributed by atoms with van der Waals surface area (Å²) in [7, 11) is 0. The van der Waals surface area contributed by atoms with Crippen LogP contribution in [0.4, 0.5) is 0 Å². The fraction of sp³-hybridized carbons (Fsp3) is 0.714. The van der Waals surface area contributed by atoms with Crippen molar-refractivity contribution in [1.29, 1.82) is 0 Å². The van der Waals surface area contributed by atoms with Crippen LogP contribution in [0.5, 0.6) is 0 Å². The molecular formula is C7H12O3S2. The predicted molar refractivity (Wildman–Crippen MR) is 53.3 cm³/mol. The summed E-state index contributed by atoms with van der Waals surface area (Å²) in [6, 6.07) is 0. The van der Waals surface area contributed by atoms with Crippen molar-refractivity contribution in [2.45, 2.75) is 13.8 Å². The van der Waals surface area contributed by atoms with Gasteiger partial charge in [-0.3, -0.25) is 0 Å². The monoisotopic (exact) mass is 208 g/mol. The molecule has 12 heavy (non-hydrogen) atoms. The Hall–Kier alpha value is -0.290. The number of thioether (sulfide) groups is 1. The van der Waals surface area contributed by atoms with E-state index in [9.17, 15) is 4.79 Å². The van der Waals surface area contributed by atoms with E-state index in [0.29, 0.717) is 11.0 Å². The summed E-state index contributed by atoms with van der Waals surface area (Å²) in [5, 5.41) is 0. The average Bonchev–Trinajstić information content (AvgIpc) is 2.02. The van der Waals surface area contributed by atoms with Crippen LogP contribution in [0.3, 0.4) is 0 Å². The summed E-state index contributed by atoms with van der Waals surface area (Å²) < 4.78 is 9.95. The van der Waals surface area contributed by atoms with E-state index in [1.54, 1.807) is 6.92 Å². The molecule has 0 aromatic carbocycles. The van der Waals surface area contributed by atoms with Crippen molar-refractivity contribution in [3.05, 3.63) is 0 Å². The third kappa shape index (κ3) is 6.42. The molecule has 0 spiro atoms. The summed E-state index contributed by atoms with van der Waals surface area (Å²) in [4.78, 5) is 10.7. The molecule has 0 bridgehead atoms. The average molecular weight is 208 g/mol. The number of ether oxygens (including phenoxy) is 2. The zero-order valence-corrected chi connectivity index (χ0v) is 8.80. The molecule has 0 saturated heterocycles. The van der Waals surface area contributed by atoms with Gasteiger partial charge >= 0.3 is 5.97 Å². The van der Waals surface area contributed by atoms with Gasteiger partial charge in [0.1, 0.15) is 0 Å². The molecule has 5 heteroatoms. The minimum Gasteiger partial charge on any atom is -0.467 e. The second kappa shape index (κ2) is 7.36. The highest BCUT2D eigenvalue weighted by atomic mass is 32.2. The quantitative estimate of drug-likeness (QED) is 0.518. The van der Waals surface area contributed by atoms with Gasteiger partial charge in [-0.25, -0.2) is 4.79 Å². The van der Waals surface area contributed by atoms with Gasteiger partial charge in [0.2, 0.25) is 4.38 Å². The van der Waals surface area contributed by atoms with Crippen molar-refractivity contribution in [2.75, 3.05) is 19.0 Å². The first-order valence-electron chi connectivity index (χ1n) is 3.65. The first kappa shape index (κ1) is 11.7. The van der Waals surface area contributed by atoms with Crippen molar-refractivity contribution in [2.24, 2.45) is 0 Å². The highest BCUT2D eigenvalue weighted by Crippen LogP contribution is 2.04. The van der Waals surface area contributed by atoms with Gasteiger partial charge in [-0.15, -0.1) is 0 Å². The second-order valence-electron chi connectivity index (χ2n) is 1.78. The van der Waals surface area contributed by atoms with Crippen LogP contribution < -0.4 is 0 Å². The standard InChI is InChI=1S/C7H12O3S2/c1-3-9-6(8)5-10-7(11)12-4-2/h3-5H2,1-2H3.